The quantitative estimate of drug-likeness (QED) is 0.518. The Balaban J connectivity index is 1.60. The predicted octanol–water partition coefficient (Wildman–Crippen LogP) is 4.60. The molecule has 1 N–H and O–H groups in total. The smallest absolute Gasteiger partial charge is 0.291 e. The Hall–Kier alpha value is -3.73. The number of nitrogens with one attached hydrogen (secondary N) is 1. The number of aromatic nitrogens is 3. The largest absolute Gasteiger partial charge is 0.342 e. The molecule has 0 aliphatic carbocycles. The summed E-state index contributed by atoms with van der Waals surface area (Å²) >= 11 is 0. The van der Waals surface area contributed by atoms with Crippen LogP contribution in [0.1, 0.15) is 39.2 Å². The minimum absolute atomic E-state index is 0.171. The van der Waals surface area contributed by atoms with Crippen LogP contribution in [0.2, 0.25) is 0 Å². The summed E-state index contributed by atoms with van der Waals surface area (Å²) in [5.74, 6) is 0.564. The Morgan fingerprint density at radius 3 is 2.23 bits per heavy atom. The number of para-hydroxylation sites is 1. The SMILES string of the molecule is Cc1ccccc1-n1nc(C(=O)N[C@@H](Cc2ccccc2)c2ccccc2)nc1C. The third-order valence-electron chi connectivity index (χ3n) is 5.11. The molecule has 30 heavy (non-hydrogen) atoms. The Morgan fingerprint density at radius 2 is 1.53 bits per heavy atom. The van der Waals surface area contributed by atoms with Crippen molar-refractivity contribution in [1.29, 1.82) is 0 Å². The van der Waals surface area contributed by atoms with E-state index in [-0.39, 0.29) is 17.8 Å². The fraction of sp³-hybridized carbons (Fsp3) is 0.160. The topological polar surface area (TPSA) is 59.8 Å². The van der Waals surface area contributed by atoms with Crippen LogP contribution in [0.15, 0.2) is 84.9 Å². The molecule has 0 unspecified atom stereocenters. The molecule has 5 heteroatoms. The van der Waals surface area contributed by atoms with Gasteiger partial charge >= 0.3 is 0 Å². The van der Waals surface area contributed by atoms with Gasteiger partial charge in [0, 0.05) is 0 Å². The van der Waals surface area contributed by atoms with Gasteiger partial charge in [0.15, 0.2) is 0 Å². The molecule has 0 saturated heterocycles. The molecule has 0 spiro atoms. The van der Waals surface area contributed by atoms with Gasteiger partial charge in [0.1, 0.15) is 5.82 Å². The first-order chi connectivity index (χ1) is 14.6. The van der Waals surface area contributed by atoms with Gasteiger partial charge in [0.2, 0.25) is 5.82 Å². The molecule has 1 atom stereocenters. The van der Waals surface area contributed by atoms with Gasteiger partial charge in [-0.15, -0.1) is 5.10 Å². The molecule has 150 valence electrons. The first-order valence-electron chi connectivity index (χ1n) is 10.0. The van der Waals surface area contributed by atoms with Crippen LogP contribution in [-0.4, -0.2) is 20.7 Å². The Labute approximate surface area is 176 Å². The van der Waals surface area contributed by atoms with Gasteiger partial charge in [-0.05, 0) is 43.0 Å². The summed E-state index contributed by atoms with van der Waals surface area (Å²) in [4.78, 5) is 17.5. The minimum Gasteiger partial charge on any atom is -0.342 e. The third-order valence-corrected chi connectivity index (χ3v) is 5.11. The summed E-state index contributed by atoms with van der Waals surface area (Å²) in [6.07, 6.45) is 0.689. The summed E-state index contributed by atoms with van der Waals surface area (Å²) < 4.78 is 1.72. The van der Waals surface area contributed by atoms with Crippen molar-refractivity contribution in [2.75, 3.05) is 0 Å². The predicted molar refractivity (Wildman–Crippen MR) is 118 cm³/mol. The zero-order valence-electron chi connectivity index (χ0n) is 17.1. The number of benzene rings is 3. The molecule has 0 saturated carbocycles. The van der Waals surface area contributed by atoms with Crippen LogP contribution in [0.3, 0.4) is 0 Å². The van der Waals surface area contributed by atoms with E-state index < -0.39 is 0 Å². The van der Waals surface area contributed by atoms with Gasteiger partial charge < -0.3 is 5.32 Å². The molecule has 0 fully saturated rings. The molecule has 1 aromatic heterocycles. The van der Waals surface area contributed by atoms with E-state index in [1.54, 1.807) is 4.68 Å². The standard InChI is InChI=1S/C25H24N4O/c1-18-11-9-10-16-23(18)29-19(2)26-24(28-29)25(30)27-22(21-14-7-4-8-15-21)17-20-12-5-3-6-13-20/h3-16,22H,17H2,1-2H3,(H,27,30)/t22-/m0/s1. The van der Waals surface area contributed by atoms with Crippen LogP contribution in [0.5, 0.6) is 0 Å². The lowest BCUT2D eigenvalue weighted by atomic mass is 9.99. The Morgan fingerprint density at radius 1 is 0.900 bits per heavy atom. The van der Waals surface area contributed by atoms with Crippen LogP contribution in [0.4, 0.5) is 0 Å². The van der Waals surface area contributed by atoms with E-state index in [4.69, 9.17) is 0 Å². The second-order valence-corrected chi connectivity index (χ2v) is 7.31. The monoisotopic (exact) mass is 396 g/mol. The maximum atomic E-state index is 13.1. The zero-order valence-corrected chi connectivity index (χ0v) is 17.1. The van der Waals surface area contributed by atoms with Crippen LogP contribution in [0.25, 0.3) is 5.69 Å². The fourth-order valence-corrected chi connectivity index (χ4v) is 3.53. The Kier molecular flexibility index (Phi) is 5.70. The van der Waals surface area contributed by atoms with Gasteiger partial charge in [0.25, 0.3) is 5.91 Å². The summed E-state index contributed by atoms with van der Waals surface area (Å²) in [5, 5.41) is 7.62. The second-order valence-electron chi connectivity index (χ2n) is 7.31. The molecule has 4 aromatic rings. The van der Waals surface area contributed by atoms with Crippen LogP contribution in [-0.2, 0) is 6.42 Å². The van der Waals surface area contributed by atoms with Crippen molar-refractivity contribution in [3.8, 4) is 5.69 Å². The van der Waals surface area contributed by atoms with E-state index in [0.717, 1.165) is 22.4 Å². The Bertz CT molecular complexity index is 1140. The lowest BCUT2D eigenvalue weighted by Crippen LogP contribution is -2.31. The molecule has 4 rings (SSSR count). The first-order valence-corrected chi connectivity index (χ1v) is 10.0. The van der Waals surface area contributed by atoms with Crippen molar-refractivity contribution in [1.82, 2.24) is 20.1 Å². The van der Waals surface area contributed by atoms with E-state index in [0.29, 0.717) is 12.2 Å². The van der Waals surface area contributed by atoms with Gasteiger partial charge in [0.05, 0.1) is 11.7 Å². The lowest BCUT2D eigenvalue weighted by Gasteiger charge is -2.18. The average Bonchev–Trinajstić information content (AvgIpc) is 3.16. The molecule has 1 amide bonds. The normalized spacial score (nSPS) is 11.8. The maximum Gasteiger partial charge on any atom is 0.291 e. The molecule has 5 nitrogen and oxygen atoms in total. The van der Waals surface area contributed by atoms with Crippen LogP contribution < -0.4 is 5.32 Å². The maximum absolute atomic E-state index is 13.1. The number of nitrogens with zero attached hydrogens (tertiary/aromatic N) is 3. The van der Waals surface area contributed by atoms with E-state index in [9.17, 15) is 4.79 Å². The number of amides is 1. The number of carbonyl (C=O) groups excluding carboxylic acids is 1. The molecule has 0 aliphatic heterocycles. The van der Waals surface area contributed by atoms with Crippen molar-refractivity contribution in [3.05, 3.63) is 113 Å². The zero-order chi connectivity index (χ0) is 20.9. The van der Waals surface area contributed by atoms with E-state index in [2.05, 4.69) is 27.5 Å². The molecular formula is C25H24N4O. The van der Waals surface area contributed by atoms with Crippen molar-refractivity contribution in [2.24, 2.45) is 0 Å². The van der Waals surface area contributed by atoms with Gasteiger partial charge in [-0.3, -0.25) is 4.79 Å². The van der Waals surface area contributed by atoms with Crippen molar-refractivity contribution in [2.45, 2.75) is 26.3 Å². The highest BCUT2D eigenvalue weighted by Gasteiger charge is 2.21. The first kappa shape index (κ1) is 19.6. The van der Waals surface area contributed by atoms with Crippen LogP contribution >= 0.6 is 0 Å². The fourth-order valence-electron chi connectivity index (χ4n) is 3.53. The summed E-state index contributed by atoms with van der Waals surface area (Å²) in [6, 6.07) is 27.9. The number of aryl methyl sites for hydroxylation is 2. The molecule has 1 heterocycles. The minimum atomic E-state index is -0.282. The number of hydrogen-bond acceptors (Lipinski definition) is 3. The summed E-state index contributed by atoms with van der Waals surface area (Å²) in [5.41, 5.74) is 4.19. The highest BCUT2D eigenvalue weighted by atomic mass is 16.2. The van der Waals surface area contributed by atoms with Gasteiger partial charge in [-0.1, -0.05) is 78.9 Å². The van der Waals surface area contributed by atoms with Crippen molar-refractivity contribution < 1.29 is 4.79 Å². The molecule has 0 radical (unpaired) electrons. The van der Waals surface area contributed by atoms with E-state index >= 15 is 0 Å². The van der Waals surface area contributed by atoms with E-state index in [1.165, 1.54) is 0 Å². The molecule has 0 aliphatic rings. The van der Waals surface area contributed by atoms with Crippen LogP contribution in [0, 0.1) is 13.8 Å². The second kappa shape index (κ2) is 8.74. The van der Waals surface area contributed by atoms with E-state index in [1.807, 2.05) is 86.6 Å². The van der Waals surface area contributed by atoms with Crippen molar-refractivity contribution >= 4 is 5.91 Å². The van der Waals surface area contributed by atoms with Crippen molar-refractivity contribution in [3.63, 3.8) is 0 Å². The molecule has 0 bridgehead atoms. The summed E-state index contributed by atoms with van der Waals surface area (Å²) in [7, 11) is 0. The highest BCUT2D eigenvalue weighted by Crippen LogP contribution is 2.19. The van der Waals surface area contributed by atoms with Gasteiger partial charge in [-0.25, -0.2) is 9.67 Å². The number of rotatable bonds is 6. The van der Waals surface area contributed by atoms with Gasteiger partial charge in [-0.2, -0.15) is 0 Å². The number of carbonyl (C=O) groups is 1. The number of hydrogen-bond donors (Lipinski definition) is 1. The highest BCUT2D eigenvalue weighted by molar-refractivity contribution is 5.90. The summed E-state index contributed by atoms with van der Waals surface area (Å²) in [6.45, 7) is 3.87. The third kappa shape index (κ3) is 4.30. The average molecular weight is 396 g/mol. The lowest BCUT2D eigenvalue weighted by molar-refractivity contribution is 0.0926. The molecule has 3 aromatic carbocycles. The molecular weight excluding hydrogens is 372 g/mol.